The third-order valence-corrected chi connectivity index (χ3v) is 2.64. The van der Waals surface area contributed by atoms with Gasteiger partial charge in [-0.15, -0.1) is 11.8 Å². The number of hydrogen-bond acceptors (Lipinski definition) is 2. The molecule has 1 nitrogen and oxygen atoms in total. The second kappa shape index (κ2) is 8.34. The largest absolute Gasteiger partial charge is 0.371 e. The molecule has 3 heteroatoms. The molecule has 0 unspecified atom stereocenters. The van der Waals surface area contributed by atoms with Crippen LogP contribution >= 0.6 is 24.0 Å². The summed E-state index contributed by atoms with van der Waals surface area (Å²) < 4.78 is 0.918. The van der Waals surface area contributed by atoms with Crippen molar-refractivity contribution in [3.8, 4) is 0 Å². The molecule has 0 saturated heterocycles. The first-order valence-electron chi connectivity index (χ1n) is 4.13. The molecule has 0 aromatic heterocycles. The standard InChI is InChI=1S/C8H17NS2/c1-3-4-5-6-7-9-8(10)11-2/h3-7H2,1-2H3,(H,9,10). The van der Waals surface area contributed by atoms with E-state index in [1.807, 2.05) is 6.26 Å². The molecule has 0 aliphatic carbocycles. The second-order valence-corrected chi connectivity index (χ2v) is 3.96. The lowest BCUT2D eigenvalue weighted by molar-refractivity contribution is 0.657. The number of nitrogens with one attached hydrogen (secondary N) is 1. The average Bonchev–Trinajstić information content (AvgIpc) is 2.04. The lowest BCUT2D eigenvalue weighted by Gasteiger charge is -2.03. The average molecular weight is 191 g/mol. The van der Waals surface area contributed by atoms with Gasteiger partial charge in [0.05, 0.1) is 0 Å². The summed E-state index contributed by atoms with van der Waals surface area (Å²) in [5.41, 5.74) is 0. The van der Waals surface area contributed by atoms with Crippen molar-refractivity contribution in [3.05, 3.63) is 0 Å². The first-order chi connectivity index (χ1) is 5.31. The molecular weight excluding hydrogens is 174 g/mol. The highest BCUT2D eigenvalue weighted by Crippen LogP contribution is 1.98. The summed E-state index contributed by atoms with van der Waals surface area (Å²) in [6.07, 6.45) is 7.21. The molecule has 1 N–H and O–H groups in total. The molecule has 0 bridgehead atoms. The molecule has 0 heterocycles. The number of rotatable bonds is 5. The van der Waals surface area contributed by atoms with Crippen LogP contribution in [0.3, 0.4) is 0 Å². The van der Waals surface area contributed by atoms with Crippen molar-refractivity contribution in [3.63, 3.8) is 0 Å². The maximum absolute atomic E-state index is 4.99. The zero-order valence-electron chi connectivity index (χ0n) is 7.35. The Morgan fingerprint density at radius 3 is 2.64 bits per heavy atom. The number of hydrogen-bond donors (Lipinski definition) is 1. The Bertz CT molecular complexity index is 104. The zero-order chi connectivity index (χ0) is 8.53. The fraction of sp³-hybridized carbons (Fsp3) is 0.875. The Kier molecular flexibility index (Phi) is 8.52. The van der Waals surface area contributed by atoms with Gasteiger partial charge in [-0.05, 0) is 12.7 Å². The maximum Gasteiger partial charge on any atom is 0.133 e. The lowest BCUT2D eigenvalue weighted by Crippen LogP contribution is -2.18. The highest BCUT2D eigenvalue weighted by Gasteiger charge is 1.90. The van der Waals surface area contributed by atoms with Gasteiger partial charge in [0.1, 0.15) is 4.32 Å². The molecule has 11 heavy (non-hydrogen) atoms. The lowest BCUT2D eigenvalue weighted by atomic mass is 10.2. The van der Waals surface area contributed by atoms with Gasteiger partial charge in [-0.2, -0.15) is 0 Å². The quantitative estimate of drug-likeness (QED) is 0.530. The predicted octanol–water partition coefficient (Wildman–Crippen LogP) is 2.80. The van der Waals surface area contributed by atoms with Crippen molar-refractivity contribution in [2.45, 2.75) is 32.6 Å². The van der Waals surface area contributed by atoms with Crippen LogP contribution in [0.25, 0.3) is 0 Å². The van der Waals surface area contributed by atoms with Crippen molar-refractivity contribution in [1.29, 1.82) is 0 Å². The van der Waals surface area contributed by atoms with Crippen LogP contribution < -0.4 is 5.32 Å². The summed E-state index contributed by atoms with van der Waals surface area (Å²) in [5, 5.41) is 3.19. The topological polar surface area (TPSA) is 12.0 Å². The van der Waals surface area contributed by atoms with Crippen LogP contribution in [-0.2, 0) is 0 Å². The minimum absolute atomic E-state index is 0.918. The van der Waals surface area contributed by atoms with Crippen LogP contribution in [0, 0.1) is 0 Å². The predicted molar refractivity (Wildman–Crippen MR) is 58.3 cm³/mol. The zero-order valence-corrected chi connectivity index (χ0v) is 8.99. The summed E-state index contributed by atoms with van der Waals surface area (Å²) in [7, 11) is 0. The molecule has 0 radical (unpaired) electrons. The molecule has 0 saturated carbocycles. The Labute approximate surface area is 79.3 Å². The second-order valence-electron chi connectivity index (χ2n) is 2.48. The number of thioether (sulfide) groups is 1. The van der Waals surface area contributed by atoms with Crippen molar-refractivity contribution in [2.75, 3.05) is 12.8 Å². The van der Waals surface area contributed by atoms with Crippen molar-refractivity contribution in [1.82, 2.24) is 5.32 Å². The molecule has 0 amide bonds. The molecule has 0 atom stereocenters. The molecule has 0 aromatic rings. The Morgan fingerprint density at radius 2 is 2.09 bits per heavy atom. The van der Waals surface area contributed by atoms with E-state index in [0.717, 1.165) is 10.9 Å². The van der Waals surface area contributed by atoms with Crippen molar-refractivity contribution in [2.24, 2.45) is 0 Å². The summed E-state index contributed by atoms with van der Waals surface area (Å²) in [4.78, 5) is 0. The normalized spacial score (nSPS) is 9.64. The Morgan fingerprint density at radius 1 is 1.36 bits per heavy atom. The van der Waals surface area contributed by atoms with E-state index in [9.17, 15) is 0 Å². The molecular formula is C8H17NS2. The molecule has 0 aliphatic heterocycles. The van der Waals surface area contributed by atoms with Crippen LogP contribution in [0.1, 0.15) is 32.6 Å². The van der Waals surface area contributed by atoms with E-state index >= 15 is 0 Å². The minimum atomic E-state index is 0.918. The van der Waals surface area contributed by atoms with Gasteiger partial charge in [-0.25, -0.2) is 0 Å². The first kappa shape index (κ1) is 11.2. The summed E-state index contributed by atoms with van der Waals surface area (Å²) in [5.74, 6) is 0. The smallest absolute Gasteiger partial charge is 0.133 e. The highest BCUT2D eigenvalue weighted by atomic mass is 32.2. The molecule has 0 rings (SSSR count). The van der Waals surface area contributed by atoms with Crippen molar-refractivity contribution >= 4 is 28.3 Å². The van der Waals surface area contributed by atoms with Crippen LogP contribution in [0.4, 0.5) is 0 Å². The van der Waals surface area contributed by atoms with Crippen LogP contribution in [0.2, 0.25) is 0 Å². The van der Waals surface area contributed by atoms with Gasteiger partial charge in [0.2, 0.25) is 0 Å². The SMILES string of the molecule is CCCCCCNC(=S)SC. The van der Waals surface area contributed by atoms with Gasteiger partial charge in [0.25, 0.3) is 0 Å². The number of unbranched alkanes of at least 4 members (excludes halogenated alkanes) is 3. The van der Waals surface area contributed by atoms with Crippen LogP contribution in [-0.4, -0.2) is 17.1 Å². The van der Waals surface area contributed by atoms with Crippen molar-refractivity contribution < 1.29 is 0 Å². The molecule has 66 valence electrons. The van der Waals surface area contributed by atoms with E-state index in [1.165, 1.54) is 25.7 Å². The van der Waals surface area contributed by atoms with Gasteiger partial charge in [0, 0.05) is 6.54 Å². The summed E-state index contributed by atoms with van der Waals surface area (Å²) in [6, 6.07) is 0. The van der Waals surface area contributed by atoms with E-state index in [2.05, 4.69) is 12.2 Å². The van der Waals surface area contributed by atoms with Crippen LogP contribution in [0.15, 0.2) is 0 Å². The van der Waals surface area contributed by atoms with Gasteiger partial charge in [0.15, 0.2) is 0 Å². The number of thiocarbonyl (C=S) groups is 1. The Balaban J connectivity index is 2.95. The third-order valence-electron chi connectivity index (χ3n) is 1.49. The van der Waals surface area contributed by atoms with Gasteiger partial charge in [-0.1, -0.05) is 38.4 Å². The minimum Gasteiger partial charge on any atom is -0.371 e. The van der Waals surface area contributed by atoms with E-state index in [0.29, 0.717) is 0 Å². The first-order valence-corrected chi connectivity index (χ1v) is 5.76. The van der Waals surface area contributed by atoms with E-state index < -0.39 is 0 Å². The highest BCUT2D eigenvalue weighted by molar-refractivity contribution is 8.22. The fourth-order valence-electron chi connectivity index (χ4n) is 0.814. The van der Waals surface area contributed by atoms with Crippen LogP contribution in [0.5, 0.6) is 0 Å². The molecule has 0 aromatic carbocycles. The van der Waals surface area contributed by atoms with E-state index in [-0.39, 0.29) is 0 Å². The molecule has 0 spiro atoms. The van der Waals surface area contributed by atoms with E-state index in [1.54, 1.807) is 11.8 Å². The summed E-state index contributed by atoms with van der Waals surface area (Å²) in [6.45, 7) is 3.26. The monoisotopic (exact) mass is 191 g/mol. The summed E-state index contributed by atoms with van der Waals surface area (Å²) >= 11 is 6.59. The maximum atomic E-state index is 4.99. The third kappa shape index (κ3) is 8.14. The molecule has 0 fully saturated rings. The molecule has 0 aliphatic rings. The van der Waals surface area contributed by atoms with Gasteiger partial charge < -0.3 is 5.32 Å². The van der Waals surface area contributed by atoms with Gasteiger partial charge in [-0.3, -0.25) is 0 Å². The van der Waals surface area contributed by atoms with E-state index in [4.69, 9.17) is 12.2 Å². The van der Waals surface area contributed by atoms with Gasteiger partial charge >= 0.3 is 0 Å². The Hall–Kier alpha value is 0.240. The fourth-order valence-corrected chi connectivity index (χ4v) is 1.16.